The number of carbonyl (C=O) groups excluding carboxylic acids is 2. The summed E-state index contributed by atoms with van der Waals surface area (Å²) in [6.07, 6.45) is 2.58. The van der Waals surface area contributed by atoms with Gasteiger partial charge in [0.1, 0.15) is 6.54 Å². The normalized spacial score (nSPS) is 15.0. The maximum Gasteiger partial charge on any atom is 0.246 e. The Hall–Kier alpha value is -2.34. The van der Waals surface area contributed by atoms with Gasteiger partial charge in [-0.1, -0.05) is 6.58 Å². The molecule has 24 heavy (non-hydrogen) atoms. The van der Waals surface area contributed by atoms with Crippen LogP contribution in [0.5, 0.6) is 0 Å². The Morgan fingerprint density at radius 3 is 2.50 bits per heavy atom. The van der Waals surface area contributed by atoms with E-state index in [4.69, 9.17) is 0 Å². The lowest BCUT2D eigenvalue weighted by atomic mass is 10.1. The lowest BCUT2D eigenvalue weighted by Crippen LogP contribution is -2.37. The summed E-state index contributed by atoms with van der Waals surface area (Å²) < 4.78 is 0. The average Bonchev–Trinajstić information content (AvgIpc) is 2.60. The number of aliphatic hydroxyl groups is 1. The Labute approximate surface area is 142 Å². The number of aliphatic hydroxyl groups excluding tert-OH is 1. The van der Waals surface area contributed by atoms with Crippen molar-refractivity contribution in [3.8, 4) is 0 Å². The molecule has 130 valence electrons. The van der Waals surface area contributed by atoms with E-state index in [0.717, 1.165) is 31.6 Å². The first-order valence-electron chi connectivity index (χ1n) is 8.27. The van der Waals surface area contributed by atoms with Gasteiger partial charge in [0, 0.05) is 31.0 Å². The number of likely N-dealkylation sites (N-methyl/N-ethyl adjacent to an activating group) is 1. The van der Waals surface area contributed by atoms with Gasteiger partial charge in [0.2, 0.25) is 11.8 Å². The number of piperidine rings is 1. The molecule has 0 radical (unpaired) electrons. The highest BCUT2D eigenvalue weighted by atomic mass is 16.3. The van der Waals surface area contributed by atoms with Gasteiger partial charge in [-0.2, -0.15) is 0 Å². The van der Waals surface area contributed by atoms with Crippen LogP contribution in [0.3, 0.4) is 0 Å². The quantitative estimate of drug-likeness (QED) is 0.777. The van der Waals surface area contributed by atoms with E-state index in [0.29, 0.717) is 12.2 Å². The molecule has 0 unspecified atom stereocenters. The first-order chi connectivity index (χ1) is 11.5. The minimum Gasteiger partial charge on any atom is -0.393 e. The molecule has 6 heteroatoms. The third kappa shape index (κ3) is 4.83. The molecule has 1 aromatic carbocycles. The number of rotatable bonds is 6. The van der Waals surface area contributed by atoms with Gasteiger partial charge in [0.25, 0.3) is 0 Å². The maximum atomic E-state index is 12.0. The molecule has 0 spiro atoms. The fraction of sp³-hybridized carbons (Fsp3) is 0.444. The van der Waals surface area contributed by atoms with E-state index in [1.807, 2.05) is 31.2 Å². The summed E-state index contributed by atoms with van der Waals surface area (Å²) in [5.41, 5.74) is 1.78. The van der Waals surface area contributed by atoms with Crippen LogP contribution in [-0.2, 0) is 9.59 Å². The highest BCUT2D eigenvalue weighted by Gasteiger charge is 2.17. The maximum absolute atomic E-state index is 12.0. The van der Waals surface area contributed by atoms with Gasteiger partial charge in [-0.15, -0.1) is 0 Å². The van der Waals surface area contributed by atoms with Gasteiger partial charge in [-0.3, -0.25) is 9.59 Å². The minimum atomic E-state index is -0.254. The molecule has 0 aromatic heterocycles. The van der Waals surface area contributed by atoms with Crippen LogP contribution in [0.2, 0.25) is 0 Å². The summed E-state index contributed by atoms with van der Waals surface area (Å²) in [6, 6.07) is 7.62. The predicted molar refractivity (Wildman–Crippen MR) is 95.0 cm³/mol. The zero-order chi connectivity index (χ0) is 17.5. The van der Waals surface area contributed by atoms with Crippen molar-refractivity contribution in [3.05, 3.63) is 36.9 Å². The lowest BCUT2D eigenvalue weighted by Gasteiger charge is -2.31. The second-order valence-corrected chi connectivity index (χ2v) is 5.87. The third-order valence-corrected chi connectivity index (χ3v) is 4.18. The Balaban J connectivity index is 1.90. The number of nitrogens with zero attached hydrogens (tertiary/aromatic N) is 2. The highest BCUT2D eigenvalue weighted by molar-refractivity contribution is 5.96. The van der Waals surface area contributed by atoms with Crippen LogP contribution in [0, 0.1) is 0 Å². The molecule has 1 saturated heterocycles. The van der Waals surface area contributed by atoms with E-state index in [9.17, 15) is 14.7 Å². The molecule has 0 saturated carbocycles. The summed E-state index contributed by atoms with van der Waals surface area (Å²) in [5.74, 6) is -0.490. The molecule has 0 atom stereocenters. The fourth-order valence-corrected chi connectivity index (χ4v) is 2.73. The van der Waals surface area contributed by atoms with Crippen molar-refractivity contribution in [1.29, 1.82) is 0 Å². The zero-order valence-electron chi connectivity index (χ0n) is 14.1. The Morgan fingerprint density at radius 2 is 1.96 bits per heavy atom. The molecule has 1 fully saturated rings. The van der Waals surface area contributed by atoms with Crippen LogP contribution < -0.4 is 10.2 Å². The van der Waals surface area contributed by atoms with Crippen molar-refractivity contribution in [2.45, 2.75) is 25.9 Å². The van der Waals surface area contributed by atoms with Crippen LogP contribution in [0.4, 0.5) is 11.4 Å². The molecule has 2 amide bonds. The van der Waals surface area contributed by atoms with Gasteiger partial charge in [0.15, 0.2) is 0 Å². The van der Waals surface area contributed by atoms with Crippen LogP contribution in [0.15, 0.2) is 36.9 Å². The van der Waals surface area contributed by atoms with Gasteiger partial charge >= 0.3 is 0 Å². The van der Waals surface area contributed by atoms with Crippen LogP contribution >= 0.6 is 0 Å². The zero-order valence-corrected chi connectivity index (χ0v) is 14.1. The van der Waals surface area contributed by atoms with Crippen LogP contribution in [-0.4, -0.2) is 54.1 Å². The number of hydrogen-bond donors (Lipinski definition) is 2. The smallest absolute Gasteiger partial charge is 0.246 e. The van der Waals surface area contributed by atoms with E-state index in [1.165, 1.54) is 11.0 Å². The van der Waals surface area contributed by atoms with E-state index in [2.05, 4.69) is 16.8 Å². The first-order valence-corrected chi connectivity index (χ1v) is 8.27. The Bertz CT molecular complexity index is 578. The molecule has 2 N–H and O–H groups in total. The number of carbonyl (C=O) groups is 2. The lowest BCUT2D eigenvalue weighted by molar-refractivity contribution is -0.130. The Morgan fingerprint density at radius 1 is 1.33 bits per heavy atom. The van der Waals surface area contributed by atoms with Crippen molar-refractivity contribution < 1.29 is 14.7 Å². The molecular formula is C18H25N3O3. The monoisotopic (exact) mass is 331 g/mol. The van der Waals surface area contributed by atoms with E-state index >= 15 is 0 Å². The average molecular weight is 331 g/mol. The molecule has 6 nitrogen and oxygen atoms in total. The van der Waals surface area contributed by atoms with Crippen LogP contribution in [0.25, 0.3) is 0 Å². The largest absolute Gasteiger partial charge is 0.393 e. The fourth-order valence-electron chi connectivity index (χ4n) is 2.73. The molecule has 2 rings (SSSR count). The van der Waals surface area contributed by atoms with E-state index < -0.39 is 0 Å². The SMILES string of the molecule is C=CC(=O)N(CC)CC(=O)Nc1ccc(N2CCC(O)CC2)cc1. The van der Waals surface area contributed by atoms with E-state index in [1.54, 1.807) is 0 Å². The van der Waals surface area contributed by atoms with Crippen molar-refractivity contribution in [3.63, 3.8) is 0 Å². The number of hydrogen-bond acceptors (Lipinski definition) is 4. The first kappa shape index (κ1) is 18.0. The predicted octanol–water partition coefficient (Wildman–Crippen LogP) is 1.62. The van der Waals surface area contributed by atoms with E-state index in [-0.39, 0.29) is 24.5 Å². The third-order valence-electron chi connectivity index (χ3n) is 4.18. The van der Waals surface area contributed by atoms with Crippen LogP contribution in [0.1, 0.15) is 19.8 Å². The number of benzene rings is 1. The summed E-state index contributed by atoms with van der Waals surface area (Å²) in [4.78, 5) is 27.3. The molecule has 1 aliphatic rings. The topological polar surface area (TPSA) is 72.9 Å². The van der Waals surface area contributed by atoms with Crippen molar-refractivity contribution >= 4 is 23.2 Å². The molecule has 0 aliphatic carbocycles. The minimum absolute atomic E-state index is 0.00706. The molecule has 1 heterocycles. The molecule has 1 aromatic rings. The summed E-state index contributed by atoms with van der Waals surface area (Å²) in [7, 11) is 0. The second kappa shape index (κ2) is 8.49. The van der Waals surface area contributed by atoms with Gasteiger partial charge in [-0.05, 0) is 50.1 Å². The summed E-state index contributed by atoms with van der Waals surface area (Å²) >= 11 is 0. The summed E-state index contributed by atoms with van der Waals surface area (Å²) in [6.45, 7) is 7.39. The standard InChI is InChI=1S/C18H25N3O3/c1-3-18(24)20(4-2)13-17(23)19-14-5-7-15(8-6-14)21-11-9-16(22)10-12-21/h3,5-8,16,22H,1,4,9-13H2,2H3,(H,19,23). The molecule has 0 bridgehead atoms. The van der Waals surface area contributed by atoms with Gasteiger partial charge < -0.3 is 20.2 Å². The van der Waals surface area contributed by atoms with Crippen molar-refractivity contribution in [2.75, 3.05) is 36.4 Å². The Kier molecular flexibility index (Phi) is 6.37. The van der Waals surface area contributed by atoms with Gasteiger partial charge in [-0.25, -0.2) is 0 Å². The molecular weight excluding hydrogens is 306 g/mol. The molecule has 1 aliphatic heterocycles. The van der Waals surface area contributed by atoms with Crippen molar-refractivity contribution in [1.82, 2.24) is 4.90 Å². The van der Waals surface area contributed by atoms with Crippen molar-refractivity contribution in [2.24, 2.45) is 0 Å². The highest BCUT2D eigenvalue weighted by Crippen LogP contribution is 2.22. The number of nitrogens with one attached hydrogen (secondary N) is 1. The number of amides is 2. The van der Waals surface area contributed by atoms with Gasteiger partial charge in [0.05, 0.1) is 6.10 Å². The summed E-state index contributed by atoms with van der Waals surface area (Å²) in [5, 5.41) is 12.4. The second-order valence-electron chi connectivity index (χ2n) is 5.87. The number of anilines is 2.